The van der Waals surface area contributed by atoms with E-state index in [-0.39, 0.29) is 0 Å². The Morgan fingerprint density at radius 1 is 1.19 bits per heavy atom. The van der Waals surface area contributed by atoms with Gasteiger partial charge in [0.15, 0.2) is 9.76 Å². The first kappa shape index (κ1) is 14.2. The highest BCUT2D eigenvalue weighted by Gasteiger charge is 2.20. The van der Waals surface area contributed by atoms with Crippen LogP contribution in [0.3, 0.4) is 0 Å². The molecule has 0 aromatic carbocycles. The van der Waals surface area contributed by atoms with E-state index in [0.717, 1.165) is 18.4 Å². The fourth-order valence-corrected chi connectivity index (χ4v) is 3.78. The highest BCUT2D eigenvalue weighted by Crippen LogP contribution is 2.18. The van der Waals surface area contributed by atoms with Crippen LogP contribution in [0.4, 0.5) is 0 Å². The molecule has 0 aromatic rings. The summed E-state index contributed by atoms with van der Waals surface area (Å²) in [6.45, 7) is 10.1. The quantitative estimate of drug-likeness (QED) is 0.641. The molecule has 2 nitrogen and oxygen atoms in total. The Bertz CT molecular complexity index is 167. The average molecular weight is 244 g/mol. The van der Waals surface area contributed by atoms with E-state index >= 15 is 0 Å². The van der Waals surface area contributed by atoms with Crippen molar-refractivity contribution in [2.24, 2.45) is 11.8 Å². The Labute approximate surface area is 103 Å². The second-order valence-electron chi connectivity index (χ2n) is 5.85. The summed E-state index contributed by atoms with van der Waals surface area (Å²) in [5, 5.41) is 0. The van der Waals surface area contributed by atoms with E-state index < -0.39 is 9.76 Å². The highest BCUT2D eigenvalue weighted by atomic mass is 28.2. The third kappa shape index (κ3) is 6.02. The van der Waals surface area contributed by atoms with Crippen molar-refractivity contribution in [2.45, 2.75) is 65.2 Å². The Balaban J connectivity index is 2.24. The van der Waals surface area contributed by atoms with Crippen LogP contribution in [0.2, 0.25) is 0 Å². The number of rotatable bonds is 7. The minimum atomic E-state index is -0.468. The predicted octanol–water partition coefficient (Wildman–Crippen LogP) is 2.68. The summed E-state index contributed by atoms with van der Waals surface area (Å²) >= 11 is 0. The SMILES string of the molecule is CC(C)CC(CC(C)C)O[SiH2]C1CCCO1. The minimum Gasteiger partial charge on any atom is -0.418 e. The van der Waals surface area contributed by atoms with E-state index in [1.807, 2.05) is 0 Å². The molecule has 0 spiro atoms. The van der Waals surface area contributed by atoms with Crippen LogP contribution in [0, 0.1) is 11.8 Å². The van der Waals surface area contributed by atoms with Gasteiger partial charge in [0.1, 0.15) is 0 Å². The first-order valence-corrected chi connectivity index (χ1v) is 8.20. The van der Waals surface area contributed by atoms with Crippen LogP contribution >= 0.6 is 0 Å². The molecule has 0 amide bonds. The van der Waals surface area contributed by atoms with Crippen molar-refractivity contribution in [1.82, 2.24) is 0 Å². The maximum atomic E-state index is 6.16. The first-order valence-electron chi connectivity index (χ1n) is 6.81. The molecule has 1 atom stereocenters. The lowest BCUT2D eigenvalue weighted by Crippen LogP contribution is -2.26. The van der Waals surface area contributed by atoms with Gasteiger partial charge in [0.2, 0.25) is 0 Å². The smallest absolute Gasteiger partial charge is 0.190 e. The zero-order valence-electron chi connectivity index (χ0n) is 11.4. The average Bonchev–Trinajstić information content (AvgIpc) is 2.64. The van der Waals surface area contributed by atoms with Crippen LogP contribution in [0.1, 0.15) is 53.4 Å². The highest BCUT2D eigenvalue weighted by molar-refractivity contribution is 6.29. The van der Waals surface area contributed by atoms with E-state index in [0.29, 0.717) is 11.8 Å². The van der Waals surface area contributed by atoms with Gasteiger partial charge in [0.05, 0.1) is 5.73 Å². The summed E-state index contributed by atoms with van der Waals surface area (Å²) in [5.74, 6) is 1.48. The summed E-state index contributed by atoms with van der Waals surface area (Å²) in [6, 6.07) is 0. The van der Waals surface area contributed by atoms with Crippen LogP contribution in [0.15, 0.2) is 0 Å². The first-order chi connectivity index (χ1) is 7.58. The lowest BCUT2D eigenvalue weighted by molar-refractivity contribution is 0.114. The molecule has 0 aromatic heterocycles. The van der Waals surface area contributed by atoms with Crippen molar-refractivity contribution in [2.75, 3.05) is 6.61 Å². The fraction of sp³-hybridized carbons (Fsp3) is 1.00. The van der Waals surface area contributed by atoms with E-state index in [9.17, 15) is 0 Å². The van der Waals surface area contributed by atoms with Gasteiger partial charge in [0, 0.05) is 12.7 Å². The Morgan fingerprint density at radius 3 is 2.25 bits per heavy atom. The molecule has 96 valence electrons. The molecule has 0 aliphatic carbocycles. The van der Waals surface area contributed by atoms with Gasteiger partial charge in [0.25, 0.3) is 0 Å². The minimum absolute atomic E-state index is 0.468. The molecule has 0 N–H and O–H groups in total. The number of hydrogen-bond acceptors (Lipinski definition) is 2. The standard InChI is InChI=1S/C13H28O2Si/c1-10(2)8-12(9-11(3)4)15-16-13-6-5-7-14-13/h10-13H,5-9,16H2,1-4H3. The van der Waals surface area contributed by atoms with Crippen molar-refractivity contribution in [3.63, 3.8) is 0 Å². The zero-order valence-corrected chi connectivity index (χ0v) is 12.8. The van der Waals surface area contributed by atoms with E-state index in [1.165, 1.54) is 25.7 Å². The molecular formula is C13H28O2Si. The number of ether oxygens (including phenoxy) is 1. The maximum absolute atomic E-state index is 6.16. The molecule has 1 unspecified atom stereocenters. The second-order valence-corrected chi connectivity index (χ2v) is 7.43. The van der Waals surface area contributed by atoms with Gasteiger partial charge in [-0.05, 0) is 37.5 Å². The van der Waals surface area contributed by atoms with E-state index in [1.54, 1.807) is 0 Å². The summed E-state index contributed by atoms with van der Waals surface area (Å²) < 4.78 is 11.8. The van der Waals surface area contributed by atoms with Crippen molar-refractivity contribution < 1.29 is 9.16 Å². The van der Waals surface area contributed by atoms with Crippen molar-refractivity contribution in [1.29, 1.82) is 0 Å². The van der Waals surface area contributed by atoms with Crippen LogP contribution < -0.4 is 0 Å². The van der Waals surface area contributed by atoms with Crippen molar-refractivity contribution in [3.8, 4) is 0 Å². The topological polar surface area (TPSA) is 18.5 Å². The van der Waals surface area contributed by atoms with Crippen LogP contribution in [-0.4, -0.2) is 28.2 Å². The van der Waals surface area contributed by atoms with Gasteiger partial charge in [-0.1, -0.05) is 27.7 Å². The third-order valence-electron chi connectivity index (χ3n) is 3.01. The van der Waals surface area contributed by atoms with Gasteiger partial charge in [-0.2, -0.15) is 0 Å². The molecule has 0 radical (unpaired) electrons. The predicted molar refractivity (Wildman–Crippen MR) is 71.3 cm³/mol. The molecule has 1 fully saturated rings. The molecule has 1 rings (SSSR count). The van der Waals surface area contributed by atoms with E-state index in [4.69, 9.17) is 9.16 Å². The summed E-state index contributed by atoms with van der Waals surface area (Å²) in [7, 11) is -0.468. The van der Waals surface area contributed by atoms with Crippen LogP contribution in [0.5, 0.6) is 0 Å². The monoisotopic (exact) mass is 244 g/mol. The molecule has 0 saturated carbocycles. The normalized spacial score (nSPS) is 22.3. The lowest BCUT2D eigenvalue weighted by atomic mass is 9.98. The van der Waals surface area contributed by atoms with Crippen LogP contribution in [-0.2, 0) is 9.16 Å². The van der Waals surface area contributed by atoms with Crippen LogP contribution in [0.25, 0.3) is 0 Å². The third-order valence-corrected chi connectivity index (χ3v) is 4.69. The summed E-state index contributed by atoms with van der Waals surface area (Å²) in [6.07, 6.45) is 5.37. The fourth-order valence-electron chi connectivity index (χ4n) is 2.30. The Kier molecular flexibility index (Phi) is 6.62. The lowest BCUT2D eigenvalue weighted by Gasteiger charge is -2.23. The number of hydrogen-bond donors (Lipinski definition) is 0. The Morgan fingerprint density at radius 2 is 1.81 bits per heavy atom. The van der Waals surface area contributed by atoms with Crippen molar-refractivity contribution in [3.05, 3.63) is 0 Å². The van der Waals surface area contributed by atoms with E-state index in [2.05, 4.69) is 27.7 Å². The van der Waals surface area contributed by atoms with Gasteiger partial charge < -0.3 is 9.16 Å². The zero-order chi connectivity index (χ0) is 12.0. The molecule has 1 heterocycles. The molecule has 3 heteroatoms. The van der Waals surface area contributed by atoms with Gasteiger partial charge in [-0.3, -0.25) is 0 Å². The molecule has 1 aliphatic rings. The molecule has 1 aliphatic heterocycles. The maximum Gasteiger partial charge on any atom is 0.190 e. The summed E-state index contributed by atoms with van der Waals surface area (Å²) in [5.41, 5.74) is 0.502. The molecule has 0 bridgehead atoms. The molecular weight excluding hydrogens is 216 g/mol. The molecule has 1 saturated heterocycles. The van der Waals surface area contributed by atoms with Gasteiger partial charge in [-0.25, -0.2) is 0 Å². The van der Waals surface area contributed by atoms with Gasteiger partial charge in [-0.15, -0.1) is 0 Å². The van der Waals surface area contributed by atoms with Gasteiger partial charge >= 0.3 is 0 Å². The van der Waals surface area contributed by atoms with Crippen molar-refractivity contribution >= 4 is 9.76 Å². The molecule has 16 heavy (non-hydrogen) atoms. The largest absolute Gasteiger partial charge is 0.418 e. The Hall–Kier alpha value is 0.137. The second kappa shape index (κ2) is 7.46. The summed E-state index contributed by atoms with van der Waals surface area (Å²) in [4.78, 5) is 0.